The lowest BCUT2D eigenvalue weighted by Crippen LogP contribution is -2.46. The van der Waals surface area contributed by atoms with E-state index in [1.807, 2.05) is 0 Å². The number of halogens is 1. The van der Waals surface area contributed by atoms with E-state index in [9.17, 15) is 14.4 Å². The minimum absolute atomic E-state index is 0.00734. The molecule has 0 radical (unpaired) electrons. The topological polar surface area (TPSA) is 129 Å². The summed E-state index contributed by atoms with van der Waals surface area (Å²) in [5, 5.41) is -0.464. The first-order chi connectivity index (χ1) is 16.0. The molecule has 10 heteroatoms. The summed E-state index contributed by atoms with van der Waals surface area (Å²) < 4.78 is 11.4. The Hall–Kier alpha value is -2.78. The maximum Gasteiger partial charge on any atom is 0.284 e. The van der Waals surface area contributed by atoms with E-state index in [1.54, 1.807) is 23.4 Å². The Morgan fingerprint density at radius 2 is 1.91 bits per heavy atom. The number of furan rings is 1. The molecule has 9 nitrogen and oxygen atoms in total. The van der Waals surface area contributed by atoms with E-state index in [2.05, 4.69) is 9.97 Å². The number of rotatable bonds is 5. The molecule has 5 rings (SSSR count). The molecule has 0 spiro atoms. The average molecular weight is 473 g/mol. The zero-order valence-corrected chi connectivity index (χ0v) is 18.7. The lowest BCUT2D eigenvalue weighted by atomic mass is 9.75. The number of nitrogens with two attached hydrogens (primary N) is 1. The van der Waals surface area contributed by atoms with Crippen molar-refractivity contribution in [1.29, 1.82) is 0 Å². The Morgan fingerprint density at radius 1 is 1.18 bits per heavy atom. The van der Waals surface area contributed by atoms with Crippen molar-refractivity contribution in [3.63, 3.8) is 0 Å². The Labute approximate surface area is 195 Å². The number of Topliss-reactive ketones (excluding diaryl/α,β-unsaturated/α-hetero) is 1. The molecule has 33 heavy (non-hydrogen) atoms. The van der Waals surface area contributed by atoms with Crippen LogP contribution in [0.2, 0.25) is 0 Å². The van der Waals surface area contributed by atoms with E-state index in [0.29, 0.717) is 16.9 Å². The van der Waals surface area contributed by atoms with Crippen LogP contribution in [0.5, 0.6) is 0 Å². The van der Waals surface area contributed by atoms with Gasteiger partial charge in [0, 0.05) is 24.5 Å². The summed E-state index contributed by atoms with van der Waals surface area (Å²) in [7, 11) is 0. The maximum absolute atomic E-state index is 14.0. The van der Waals surface area contributed by atoms with Crippen LogP contribution < -0.4 is 5.73 Å². The molecule has 1 aliphatic carbocycles. The quantitative estimate of drug-likeness (QED) is 0.661. The molecule has 1 saturated carbocycles. The van der Waals surface area contributed by atoms with Crippen molar-refractivity contribution in [3.05, 3.63) is 36.1 Å². The van der Waals surface area contributed by atoms with Gasteiger partial charge >= 0.3 is 0 Å². The molecule has 2 N–H and O–H groups in total. The first-order valence-corrected chi connectivity index (χ1v) is 11.7. The maximum atomic E-state index is 14.0. The number of carbonyl (C=O) groups excluding carboxylic acids is 3. The number of ether oxygens (including phenoxy) is 1. The number of amides is 2. The Kier molecular flexibility index (Phi) is 5.92. The monoisotopic (exact) mass is 472 g/mol. The molecule has 0 unspecified atom stereocenters. The van der Waals surface area contributed by atoms with Crippen molar-refractivity contribution in [3.8, 4) is 11.3 Å². The normalized spacial score (nSPS) is 26.4. The van der Waals surface area contributed by atoms with Gasteiger partial charge in [-0.25, -0.2) is 9.97 Å². The number of aromatic nitrogens is 2. The molecule has 2 aliphatic heterocycles. The second kappa shape index (κ2) is 8.87. The van der Waals surface area contributed by atoms with Gasteiger partial charge in [-0.3, -0.25) is 14.4 Å². The number of nitrogens with zero attached hydrogens (tertiary/aromatic N) is 3. The van der Waals surface area contributed by atoms with E-state index in [-0.39, 0.29) is 36.5 Å². The molecular formula is C23H25ClN4O5. The third-order valence-corrected chi connectivity index (χ3v) is 7.34. The third-order valence-electron chi connectivity index (χ3n) is 6.96. The summed E-state index contributed by atoms with van der Waals surface area (Å²) in [6.07, 6.45) is 8.76. The minimum Gasteiger partial charge on any atom is -0.450 e. The number of likely N-dealkylation sites (tertiary alicyclic amines) is 1. The molecule has 174 valence electrons. The van der Waals surface area contributed by atoms with Gasteiger partial charge in [0.15, 0.2) is 11.5 Å². The molecule has 4 atom stereocenters. The molecule has 3 fully saturated rings. The predicted molar refractivity (Wildman–Crippen MR) is 117 cm³/mol. The number of ketones is 1. The summed E-state index contributed by atoms with van der Waals surface area (Å²) in [5.41, 5.74) is 6.69. The fourth-order valence-corrected chi connectivity index (χ4v) is 5.82. The highest BCUT2D eigenvalue weighted by molar-refractivity contribution is 6.22. The molecule has 2 aromatic heterocycles. The van der Waals surface area contributed by atoms with Gasteiger partial charge in [-0.1, -0.05) is 19.3 Å². The summed E-state index contributed by atoms with van der Waals surface area (Å²) in [6, 6.07) is 0.992. The minimum atomic E-state index is -0.753. The van der Waals surface area contributed by atoms with Gasteiger partial charge in [0.25, 0.3) is 5.91 Å². The van der Waals surface area contributed by atoms with E-state index >= 15 is 0 Å². The van der Waals surface area contributed by atoms with Gasteiger partial charge < -0.3 is 19.8 Å². The smallest absolute Gasteiger partial charge is 0.284 e. The fourth-order valence-electron chi connectivity index (χ4n) is 5.46. The SMILES string of the molecule is NC(=O)c1oc(-c2cncnc2)cc1[C@@H](C(=O)N1C[C@H](Cl)[C@H]2OCC(=O)[C@H]21)C1CCCCC1. The number of hydrogen-bond acceptors (Lipinski definition) is 7. The Morgan fingerprint density at radius 3 is 2.61 bits per heavy atom. The van der Waals surface area contributed by atoms with Crippen LogP contribution in [-0.4, -0.2) is 63.1 Å². The van der Waals surface area contributed by atoms with Crippen molar-refractivity contribution in [1.82, 2.24) is 14.9 Å². The zero-order chi connectivity index (χ0) is 23.1. The molecule has 2 saturated heterocycles. The van der Waals surface area contributed by atoms with E-state index < -0.39 is 29.3 Å². The van der Waals surface area contributed by atoms with Crippen LogP contribution in [0.4, 0.5) is 0 Å². The molecule has 2 aromatic rings. The molecular weight excluding hydrogens is 448 g/mol. The lowest BCUT2D eigenvalue weighted by molar-refractivity contribution is -0.139. The second-order valence-corrected chi connectivity index (χ2v) is 9.52. The average Bonchev–Trinajstić information content (AvgIpc) is 3.52. The molecule has 2 amide bonds. The van der Waals surface area contributed by atoms with Gasteiger partial charge in [-0.05, 0) is 24.8 Å². The highest BCUT2D eigenvalue weighted by atomic mass is 35.5. The highest BCUT2D eigenvalue weighted by Gasteiger charge is 2.53. The van der Waals surface area contributed by atoms with Crippen molar-refractivity contribution in [2.75, 3.05) is 13.2 Å². The van der Waals surface area contributed by atoms with Crippen LogP contribution in [0.15, 0.2) is 29.2 Å². The molecule has 4 heterocycles. The standard InChI is InChI=1S/C23H25ClN4O5/c24-15-9-28(19-16(29)10-32-21(15)19)23(31)18(12-4-2-1-3-5-12)14-6-17(33-20(14)22(25)30)13-7-26-11-27-8-13/h6-8,11-12,15,18-19,21H,1-5,9-10H2,(H2,25,30)/t15-,18-,19+,21+/m0/s1. The highest BCUT2D eigenvalue weighted by Crippen LogP contribution is 2.43. The van der Waals surface area contributed by atoms with Crippen LogP contribution in [0.3, 0.4) is 0 Å². The van der Waals surface area contributed by atoms with Crippen LogP contribution in [0.25, 0.3) is 11.3 Å². The number of alkyl halides is 1. The van der Waals surface area contributed by atoms with Crippen LogP contribution in [0.1, 0.15) is 54.1 Å². The lowest BCUT2D eigenvalue weighted by Gasteiger charge is -2.33. The zero-order valence-electron chi connectivity index (χ0n) is 18.0. The summed E-state index contributed by atoms with van der Waals surface area (Å²) in [4.78, 5) is 48.5. The van der Waals surface area contributed by atoms with Gasteiger partial charge in [0.1, 0.15) is 30.8 Å². The van der Waals surface area contributed by atoms with Crippen LogP contribution >= 0.6 is 11.6 Å². The third kappa shape index (κ3) is 3.93. The van der Waals surface area contributed by atoms with E-state index in [0.717, 1.165) is 32.1 Å². The molecule has 0 aromatic carbocycles. The van der Waals surface area contributed by atoms with Crippen molar-refractivity contribution in [2.24, 2.45) is 11.7 Å². The van der Waals surface area contributed by atoms with Crippen LogP contribution in [0, 0.1) is 5.92 Å². The summed E-state index contributed by atoms with van der Waals surface area (Å²) in [6.45, 7) is 0.167. The Bertz CT molecular complexity index is 1070. The summed E-state index contributed by atoms with van der Waals surface area (Å²) in [5.74, 6) is -1.51. The number of fused-ring (bicyclic) bond motifs is 1. The first-order valence-electron chi connectivity index (χ1n) is 11.2. The van der Waals surface area contributed by atoms with Crippen molar-refractivity contribution in [2.45, 2.75) is 55.5 Å². The number of primary amides is 1. The van der Waals surface area contributed by atoms with Gasteiger partial charge in [-0.2, -0.15) is 0 Å². The van der Waals surface area contributed by atoms with Gasteiger partial charge in [-0.15, -0.1) is 11.6 Å². The summed E-state index contributed by atoms with van der Waals surface area (Å²) >= 11 is 6.44. The predicted octanol–water partition coefficient (Wildman–Crippen LogP) is 2.29. The van der Waals surface area contributed by atoms with E-state index in [1.165, 1.54) is 6.33 Å². The van der Waals surface area contributed by atoms with Crippen molar-refractivity contribution < 1.29 is 23.5 Å². The van der Waals surface area contributed by atoms with Crippen molar-refractivity contribution >= 4 is 29.2 Å². The molecule has 3 aliphatic rings. The van der Waals surface area contributed by atoms with Gasteiger partial charge in [0.05, 0.1) is 16.9 Å². The first kappa shape index (κ1) is 22.0. The largest absolute Gasteiger partial charge is 0.450 e. The van der Waals surface area contributed by atoms with Crippen LogP contribution in [-0.2, 0) is 14.3 Å². The Balaban J connectivity index is 1.57. The number of hydrogen-bond donors (Lipinski definition) is 1. The van der Waals surface area contributed by atoms with Gasteiger partial charge in [0.2, 0.25) is 5.91 Å². The number of carbonyl (C=O) groups is 3. The fraction of sp³-hybridized carbons (Fsp3) is 0.522. The second-order valence-electron chi connectivity index (χ2n) is 8.96. The van der Waals surface area contributed by atoms with E-state index in [4.69, 9.17) is 26.5 Å². The molecule has 0 bridgehead atoms.